The molecule has 4 unspecified atom stereocenters. The molecule has 4 atom stereocenters. The molecule has 6 heteroatoms. The average Bonchev–Trinajstić information content (AvgIpc) is 2.92. The number of nitrogens with zero attached hydrogens (tertiary/aromatic N) is 1. The summed E-state index contributed by atoms with van der Waals surface area (Å²) in [5.74, 6) is -1.48. The quantitative estimate of drug-likeness (QED) is 0.699. The molecule has 0 aromatic rings. The van der Waals surface area contributed by atoms with Gasteiger partial charge in [-0.3, -0.25) is 9.69 Å². The zero-order valence-corrected chi connectivity index (χ0v) is 11.6. The first kappa shape index (κ1) is 14.1. The molecule has 2 rings (SSSR count). The molecule has 0 aromatic carbocycles. The Hall–Kier alpha value is -1.30. The molecule has 2 saturated heterocycles. The number of fused-ring (bicyclic) bond motifs is 1. The van der Waals surface area contributed by atoms with Gasteiger partial charge in [0, 0.05) is 24.7 Å². The van der Waals surface area contributed by atoms with Gasteiger partial charge in [0.1, 0.15) is 0 Å². The minimum atomic E-state index is -0.893. The molecule has 2 aliphatic rings. The number of hydrogen-bond donors (Lipinski definition) is 3. The first-order chi connectivity index (χ1) is 8.99. The van der Waals surface area contributed by atoms with E-state index >= 15 is 0 Å². The van der Waals surface area contributed by atoms with Crippen LogP contribution in [-0.4, -0.2) is 53.2 Å². The summed E-state index contributed by atoms with van der Waals surface area (Å²) in [6.07, 6.45) is 3.34. The highest BCUT2D eigenvalue weighted by atomic mass is 16.4. The highest BCUT2D eigenvalue weighted by Crippen LogP contribution is 2.27. The van der Waals surface area contributed by atoms with E-state index in [2.05, 4.69) is 15.5 Å². The number of hydrogen-bond acceptors (Lipinski definition) is 3. The third-order valence-corrected chi connectivity index (χ3v) is 4.42. The Balaban J connectivity index is 1.80. The van der Waals surface area contributed by atoms with Gasteiger partial charge in [-0.1, -0.05) is 0 Å². The molecule has 108 valence electrons. The normalized spacial score (nSPS) is 29.6. The molecule has 0 spiro atoms. The van der Waals surface area contributed by atoms with Crippen LogP contribution >= 0.6 is 0 Å². The molecule has 0 aromatic heterocycles. The van der Waals surface area contributed by atoms with Gasteiger partial charge in [-0.15, -0.1) is 0 Å². The zero-order valence-electron chi connectivity index (χ0n) is 11.6. The van der Waals surface area contributed by atoms with Gasteiger partial charge in [0.05, 0.1) is 5.92 Å². The molecular formula is C13H23N3O3. The number of carboxylic acids is 1. The zero-order chi connectivity index (χ0) is 14.0. The summed E-state index contributed by atoms with van der Waals surface area (Å²) in [5.41, 5.74) is 0. The predicted molar refractivity (Wildman–Crippen MR) is 70.9 cm³/mol. The Morgan fingerprint density at radius 2 is 2.00 bits per heavy atom. The molecular weight excluding hydrogens is 246 g/mol. The lowest BCUT2D eigenvalue weighted by molar-refractivity contribution is -0.141. The number of rotatable bonds is 4. The predicted octanol–water partition coefficient (Wildman–Crippen LogP) is 0.632. The van der Waals surface area contributed by atoms with E-state index in [0.717, 1.165) is 25.9 Å². The fourth-order valence-electron chi connectivity index (χ4n) is 3.01. The molecule has 0 saturated carbocycles. The lowest BCUT2D eigenvalue weighted by Crippen LogP contribution is -2.50. The Morgan fingerprint density at radius 1 is 1.26 bits per heavy atom. The van der Waals surface area contributed by atoms with Crippen LogP contribution in [0.4, 0.5) is 4.79 Å². The molecule has 0 bridgehead atoms. The van der Waals surface area contributed by atoms with Crippen molar-refractivity contribution in [3.8, 4) is 0 Å². The lowest BCUT2D eigenvalue weighted by atomic mass is 10.0. The number of urea groups is 1. The topological polar surface area (TPSA) is 81.7 Å². The van der Waals surface area contributed by atoms with Crippen LogP contribution in [0.25, 0.3) is 0 Å². The van der Waals surface area contributed by atoms with E-state index in [9.17, 15) is 9.59 Å². The van der Waals surface area contributed by atoms with Gasteiger partial charge >= 0.3 is 12.0 Å². The molecule has 6 nitrogen and oxygen atoms in total. The number of amides is 2. The van der Waals surface area contributed by atoms with Gasteiger partial charge in [0.2, 0.25) is 0 Å². The Kier molecular flexibility index (Phi) is 4.29. The van der Waals surface area contributed by atoms with Crippen LogP contribution in [0.2, 0.25) is 0 Å². The summed E-state index contributed by atoms with van der Waals surface area (Å²) in [7, 11) is 0. The van der Waals surface area contributed by atoms with E-state index in [4.69, 9.17) is 5.11 Å². The Bertz CT molecular complexity index is 361. The van der Waals surface area contributed by atoms with E-state index in [1.54, 1.807) is 13.8 Å². The fraction of sp³-hybridized carbons (Fsp3) is 0.846. The summed E-state index contributed by atoms with van der Waals surface area (Å²) in [6, 6.07) is 0.0470. The summed E-state index contributed by atoms with van der Waals surface area (Å²) >= 11 is 0. The Labute approximate surface area is 113 Å². The monoisotopic (exact) mass is 269 g/mol. The largest absolute Gasteiger partial charge is 0.481 e. The smallest absolute Gasteiger partial charge is 0.315 e. The Morgan fingerprint density at radius 3 is 2.68 bits per heavy atom. The van der Waals surface area contributed by atoms with Crippen molar-refractivity contribution in [2.45, 2.75) is 51.2 Å². The molecule has 0 radical (unpaired) electrons. The van der Waals surface area contributed by atoms with E-state index in [1.807, 2.05) is 0 Å². The van der Waals surface area contributed by atoms with Crippen molar-refractivity contribution < 1.29 is 14.7 Å². The third-order valence-electron chi connectivity index (χ3n) is 4.42. The fourth-order valence-corrected chi connectivity index (χ4v) is 3.01. The minimum absolute atomic E-state index is 0.204. The molecule has 0 aliphatic carbocycles. The maximum absolute atomic E-state index is 11.9. The van der Waals surface area contributed by atoms with Crippen molar-refractivity contribution in [2.24, 2.45) is 5.92 Å². The van der Waals surface area contributed by atoms with Crippen molar-refractivity contribution in [3.63, 3.8) is 0 Å². The van der Waals surface area contributed by atoms with Crippen LogP contribution in [0, 0.1) is 5.92 Å². The van der Waals surface area contributed by atoms with Gasteiger partial charge in [-0.05, 0) is 39.7 Å². The molecule has 3 N–H and O–H groups in total. The average molecular weight is 269 g/mol. The number of aliphatic carboxylic acids is 1. The van der Waals surface area contributed by atoms with Crippen molar-refractivity contribution >= 4 is 12.0 Å². The number of carboxylic acid groups (broad SMARTS) is 1. The van der Waals surface area contributed by atoms with Gasteiger partial charge in [-0.2, -0.15) is 0 Å². The second-order valence-electron chi connectivity index (χ2n) is 5.67. The van der Waals surface area contributed by atoms with Crippen LogP contribution in [-0.2, 0) is 4.79 Å². The van der Waals surface area contributed by atoms with Gasteiger partial charge in [0.25, 0.3) is 0 Å². The molecule has 2 heterocycles. The third kappa shape index (κ3) is 3.18. The molecule has 2 amide bonds. The van der Waals surface area contributed by atoms with Gasteiger partial charge in [0.15, 0.2) is 0 Å². The van der Waals surface area contributed by atoms with Gasteiger partial charge in [-0.25, -0.2) is 4.79 Å². The summed E-state index contributed by atoms with van der Waals surface area (Å²) in [5, 5.41) is 14.6. The number of carbonyl (C=O) groups is 2. The first-order valence-electron chi connectivity index (χ1n) is 7.03. The summed E-state index contributed by atoms with van der Waals surface area (Å²) in [4.78, 5) is 25.2. The number of nitrogens with one attached hydrogen (secondary N) is 2. The van der Waals surface area contributed by atoms with E-state index in [1.165, 1.54) is 6.42 Å². The van der Waals surface area contributed by atoms with E-state index in [-0.39, 0.29) is 18.1 Å². The molecule has 2 aliphatic heterocycles. The molecule has 2 fully saturated rings. The van der Waals surface area contributed by atoms with Gasteiger partial charge < -0.3 is 15.7 Å². The van der Waals surface area contributed by atoms with Crippen LogP contribution in [0.15, 0.2) is 0 Å². The number of carbonyl (C=O) groups excluding carboxylic acids is 1. The van der Waals surface area contributed by atoms with Crippen LogP contribution < -0.4 is 10.6 Å². The lowest BCUT2D eigenvalue weighted by Gasteiger charge is -2.23. The SMILES string of the molecule is CC(NC(=O)NC1CCN2CCCC12)C(C)C(=O)O. The highest BCUT2D eigenvalue weighted by molar-refractivity contribution is 5.76. The van der Waals surface area contributed by atoms with Crippen molar-refractivity contribution in [1.29, 1.82) is 0 Å². The van der Waals surface area contributed by atoms with Crippen LogP contribution in [0.3, 0.4) is 0 Å². The van der Waals surface area contributed by atoms with Crippen LogP contribution in [0.5, 0.6) is 0 Å². The second kappa shape index (κ2) is 5.77. The van der Waals surface area contributed by atoms with Crippen LogP contribution in [0.1, 0.15) is 33.1 Å². The van der Waals surface area contributed by atoms with Crippen molar-refractivity contribution in [3.05, 3.63) is 0 Å². The second-order valence-corrected chi connectivity index (χ2v) is 5.67. The highest BCUT2D eigenvalue weighted by Gasteiger charge is 2.38. The van der Waals surface area contributed by atoms with E-state index in [0.29, 0.717) is 6.04 Å². The minimum Gasteiger partial charge on any atom is -0.481 e. The maximum atomic E-state index is 11.9. The molecule has 19 heavy (non-hydrogen) atoms. The standard InChI is InChI=1S/C13H23N3O3/c1-8(12(17)18)9(2)14-13(19)15-10-5-7-16-6-3-4-11(10)16/h8-11H,3-7H2,1-2H3,(H,17,18)(H2,14,15,19). The van der Waals surface area contributed by atoms with Crippen molar-refractivity contribution in [2.75, 3.05) is 13.1 Å². The summed E-state index contributed by atoms with van der Waals surface area (Å²) < 4.78 is 0. The van der Waals surface area contributed by atoms with E-state index < -0.39 is 11.9 Å². The first-order valence-corrected chi connectivity index (χ1v) is 7.03. The summed E-state index contributed by atoms with van der Waals surface area (Å²) in [6.45, 7) is 5.50. The maximum Gasteiger partial charge on any atom is 0.315 e. The van der Waals surface area contributed by atoms with Crippen molar-refractivity contribution in [1.82, 2.24) is 15.5 Å².